The van der Waals surface area contributed by atoms with Crippen molar-refractivity contribution in [2.24, 2.45) is 17.8 Å². The summed E-state index contributed by atoms with van der Waals surface area (Å²) in [6, 6.07) is 9.27. The second-order valence-electron chi connectivity index (χ2n) is 7.88. The van der Waals surface area contributed by atoms with Crippen LogP contribution in [-0.2, 0) is 6.42 Å². The monoisotopic (exact) mass is 310 g/mol. The zero-order valence-corrected chi connectivity index (χ0v) is 15.2. The minimum atomic E-state index is 0.969. The molecular weight excluding hydrogens is 276 g/mol. The zero-order valence-electron chi connectivity index (χ0n) is 15.2. The maximum Gasteiger partial charge on any atom is -0.0228 e. The van der Waals surface area contributed by atoms with E-state index in [1.165, 1.54) is 68.9 Å². The molecule has 0 spiro atoms. The van der Waals surface area contributed by atoms with Crippen LogP contribution in [0.5, 0.6) is 0 Å². The third kappa shape index (κ3) is 4.28. The van der Waals surface area contributed by atoms with Crippen LogP contribution in [0, 0.1) is 17.8 Å². The Morgan fingerprint density at radius 1 is 0.870 bits per heavy atom. The van der Waals surface area contributed by atoms with Crippen LogP contribution in [0.15, 0.2) is 30.3 Å². The van der Waals surface area contributed by atoms with Crippen LogP contribution in [0.3, 0.4) is 0 Å². The van der Waals surface area contributed by atoms with Gasteiger partial charge < -0.3 is 0 Å². The normalized spacial score (nSPS) is 28.4. The molecule has 3 rings (SSSR count). The first-order valence-electron chi connectivity index (χ1n) is 10.1. The summed E-state index contributed by atoms with van der Waals surface area (Å²) in [6.07, 6.45) is 16.6. The number of aryl methyl sites for hydroxylation is 1. The van der Waals surface area contributed by atoms with Crippen LogP contribution in [-0.4, -0.2) is 0 Å². The first kappa shape index (κ1) is 16.8. The highest BCUT2D eigenvalue weighted by molar-refractivity contribution is 5.66. The molecule has 1 unspecified atom stereocenters. The first-order chi connectivity index (χ1) is 11.3. The average molecular weight is 311 g/mol. The van der Waals surface area contributed by atoms with E-state index in [2.05, 4.69) is 44.2 Å². The summed E-state index contributed by atoms with van der Waals surface area (Å²) < 4.78 is 0. The molecule has 0 radical (unpaired) electrons. The second kappa shape index (κ2) is 8.18. The zero-order chi connectivity index (χ0) is 16.1. The molecule has 0 heteroatoms. The Morgan fingerprint density at radius 3 is 2.17 bits per heavy atom. The number of hydrogen-bond donors (Lipinski definition) is 0. The van der Waals surface area contributed by atoms with Crippen molar-refractivity contribution in [1.29, 1.82) is 0 Å². The number of hydrogen-bond acceptors (Lipinski definition) is 0. The Hall–Kier alpha value is -1.04. The maximum atomic E-state index is 2.56. The molecule has 0 aromatic heterocycles. The van der Waals surface area contributed by atoms with E-state index in [0.717, 1.165) is 24.2 Å². The third-order valence-electron chi connectivity index (χ3n) is 6.44. The fraction of sp³-hybridized carbons (Fsp3) is 0.652. The Labute approximate surface area is 143 Å². The summed E-state index contributed by atoms with van der Waals surface area (Å²) in [5.74, 6) is 3.03. The maximum absolute atomic E-state index is 2.56. The van der Waals surface area contributed by atoms with Crippen LogP contribution in [0.1, 0.15) is 82.8 Å². The fourth-order valence-electron chi connectivity index (χ4n) is 4.86. The third-order valence-corrected chi connectivity index (χ3v) is 6.44. The fourth-order valence-corrected chi connectivity index (χ4v) is 4.86. The highest BCUT2D eigenvalue weighted by Crippen LogP contribution is 2.42. The number of allylic oxidation sites excluding steroid dienone is 2. The molecule has 0 N–H and O–H groups in total. The molecule has 2 aliphatic rings. The predicted octanol–water partition coefficient (Wildman–Crippen LogP) is 7.04. The van der Waals surface area contributed by atoms with E-state index in [1.807, 2.05) is 0 Å². The van der Waals surface area contributed by atoms with E-state index in [1.54, 1.807) is 5.57 Å². The van der Waals surface area contributed by atoms with Crippen molar-refractivity contribution in [3.05, 3.63) is 41.5 Å². The van der Waals surface area contributed by atoms with Crippen molar-refractivity contribution in [2.45, 2.75) is 78.1 Å². The van der Waals surface area contributed by atoms with Crippen molar-refractivity contribution in [1.82, 2.24) is 0 Å². The summed E-state index contributed by atoms with van der Waals surface area (Å²) in [5, 5.41) is 0. The number of benzene rings is 1. The minimum Gasteiger partial charge on any atom is -0.0804 e. The molecule has 1 atom stereocenters. The summed E-state index contributed by atoms with van der Waals surface area (Å²) in [7, 11) is 0. The van der Waals surface area contributed by atoms with Gasteiger partial charge in [-0.25, -0.2) is 0 Å². The van der Waals surface area contributed by atoms with Gasteiger partial charge in [-0.3, -0.25) is 0 Å². The molecule has 2 aliphatic carbocycles. The predicted molar refractivity (Wildman–Crippen MR) is 101 cm³/mol. The standard InChI is InChI=1S/C23H34/c1-3-5-19-8-12-21(13-9-19)23-16-14-22(15-17-23)20-10-6-18(4-2)7-11-20/h6-7,10-11,14,19,21,23H,3-5,8-9,12-13,15-17H2,1-2H3. The average Bonchev–Trinajstić information content (AvgIpc) is 2.63. The lowest BCUT2D eigenvalue weighted by Gasteiger charge is -2.35. The van der Waals surface area contributed by atoms with Gasteiger partial charge >= 0.3 is 0 Å². The lowest BCUT2D eigenvalue weighted by molar-refractivity contribution is 0.189. The van der Waals surface area contributed by atoms with Gasteiger partial charge in [-0.05, 0) is 73.0 Å². The van der Waals surface area contributed by atoms with E-state index < -0.39 is 0 Å². The lowest BCUT2D eigenvalue weighted by Crippen LogP contribution is -2.23. The highest BCUT2D eigenvalue weighted by atomic mass is 14.3. The summed E-state index contributed by atoms with van der Waals surface area (Å²) in [6.45, 7) is 4.57. The Balaban J connectivity index is 1.54. The van der Waals surface area contributed by atoms with Gasteiger partial charge in [0, 0.05) is 0 Å². The molecule has 0 saturated heterocycles. The van der Waals surface area contributed by atoms with E-state index in [0.29, 0.717) is 0 Å². The van der Waals surface area contributed by atoms with Crippen LogP contribution >= 0.6 is 0 Å². The smallest absolute Gasteiger partial charge is 0.0228 e. The molecule has 23 heavy (non-hydrogen) atoms. The second-order valence-corrected chi connectivity index (χ2v) is 7.88. The van der Waals surface area contributed by atoms with E-state index in [-0.39, 0.29) is 0 Å². The SMILES string of the molecule is CCCC1CCC(C2CC=C(c3ccc(CC)cc3)CC2)CC1. The molecule has 1 aromatic carbocycles. The molecule has 1 aromatic rings. The van der Waals surface area contributed by atoms with Gasteiger partial charge in [0.15, 0.2) is 0 Å². The molecule has 0 heterocycles. The first-order valence-corrected chi connectivity index (χ1v) is 10.1. The van der Waals surface area contributed by atoms with Crippen LogP contribution in [0.2, 0.25) is 0 Å². The molecule has 1 fully saturated rings. The highest BCUT2D eigenvalue weighted by Gasteiger charge is 2.28. The topological polar surface area (TPSA) is 0 Å². The number of rotatable bonds is 5. The van der Waals surface area contributed by atoms with Gasteiger partial charge in [0.2, 0.25) is 0 Å². The quantitative estimate of drug-likeness (QED) is 0.547. The Kier molecular flexibility index (Phi) is 5.97. The van der Waals surface area contributed by atoms with E-state index in [4.69, 9.17) is 0 Å². The largest absolute Gasteiger partial charge is 0.0804 e. The van der Waals surface area contributed by atoms with Crippen molar-refractivity contribution in [2.75, 3.05) is 0 Å². The summed E-state index contributed by atoms with van der Waals surface area (Å²) >= 11 is 0. The molecule has 0 bridgehead atoms. The molecule has 0 nitrogen and oxygen atoms in total. The van der Waals surface area contributed by atoms with Crippen LogP contribution in [0.25, 0.3) is 5.57 Å². The van der Waals surface area contributed by atoms with Crippen LogP contribution < -0.4 is 0 Å². The molecule has 1 saturated carbocycles. The Bertz CT molecular complexity index is 499. The van der Waals surface area contributed by atoms with Gasteiger partial charge in [-0.2, -0.15) is 0 Å². The van der Waals surface area contributed by atoms with E-state index in [9.17, 15) is 0 Å². The Morgan fingerprint density at radius 2 is 1.61 bits per heavy atom. The molecule has 0 aliphatic heterocycles. The van der Waals surface area contributed by atoms with Gasteiger partial charge in [0.25, 0.3) is 0 Å². The van der Waals surface area contributed by atoms with Crippen molar-refractivity contribution in [3.63, 3.8) is 0 Å². The summed E-state index contributed by atoms with van der Waals surface area (Å²) in [5.41, 5.74) is 4.52. The molecule has 0 amide bonds. The van der Waals surface area contributed by atoms with Gasteiger partial charge in [-0.1, -0.05) is 69.9 Å². The lowest BCUT2D eigenvalue weighted by atomic mass is 9.70. The van der Waals surface area contributed by atoms with Crippen molar-refractivity contribution >= 4 is 5.57 Å². The minimum absolute atomic E-state index is 0.969. The van der Waals surface area contributed by atoms with E-state index >= 15 is 0 Å². The molecular formula is C23H34. The van der Waals surface area contributed by atoms with Crippen molar-refractivity contribution in [3.8, 4) is 0 Å². The van der Waals surface area contributed by atoms with Gasteiger partial charge in [-0.15, -0.1) is 0 Å². The van der Waals surface area contributed by atoms with Crippen LogP contribution in [0.4, 0.5) is 0 Å². The van der Waals surface area contributed by atoms with Gasteiger partial charge in [0.1, 0.15) is 0 Å². The summed E-state index contributed by atoms with van der Waals surface area (Å²) in [4.78, 5) is 0. The van der Waals surface area contributed by atoms with Crippen molar-refractivity contribution < 1.29 is 0 Å². The van der Waals surface area contributed by atoms with Gasteiger partial charge in [0.05, 0.1) is 0 Å². The molecule has 126 valence electrons.